The molecule has 0 aromatic heterocycles. The van der Waals surface area contributed by atoms with E-state index in [9.17, 15) is 9.70 Å². The van der Waals surface area contributed by atoms with Crippen molar-refractivity contribution in [2.75, 3.05) is 7.11 Å². The molecule has 0 aliphatic heterocycles. The lowest BCUT2D eigenvalue weighted by molar-refractivity contribution is -0.142. The van der Waals surface area contributed by atoms with Crippen LogP contribution in [0.4, 0.5) is 0 Å². The molecule has 1 atom stereocenters. The highest BCUT2D eigenvalue weighted by atomic mass is 16.5. The summed E-state index contributed by atoms with van der Waals surface area (Å²) in [4.78, 5) is 21.0. The first-order valence-electron chi connectivity index (χ1n) is 4.02. The molecule has 0 fully saturated rings. The molecule has 4 nitrogen and oxygen atoms in total. The molecular weight excluding hydrogens is 158 g/mol. The summed E-state index contributed by atoms with van der Waals surface area (Å²) in [6.07, 6.45) is 1.29. The van der Waals surface area contributed by atoms with E-state index >= 15 is 0 Å². The highest BCUT2D eigenvalue weighted by molar-refractivity contribution is 5.75. The Bertz CT molecular complexity index is 156. The van der Waals surface area contributed by atoms with Crippen LogP contribution in [0.3, 0.4) is 0 Å². The number of esters is 1. The van der Waals surface area contributed by atoms with Crippen LogP contribution in [0, 0.1) is 10.8 Å². The van der Waals surface area contributed by atoms with Crippen LogP contribution in [-0.4, -0.2) is 19.1 Å². The van der Waals surface area contributed by atoms with Crippen molar-refractivity contribution in [3.8, 4) is 0 Å². The van der Waals surface area contributed by atoms with Gasteiger partial charge in [-0.15, -0.1) is 4.91 Å². The first kappa shape index (κ1) is 11.1. The largest absolute Gasteiger partial charge is 0.467 e. The van der Waals surface area contributed by atoms with E-state index in [-0.39, 0.29) is 0 Å². The highest BCUT2D eigenvalue weighted by Crippen LogP contribution is 2.10. The maximum atomic E-state index is 10.8. The van der Waals surface area contributed by atoms with Crippen molar-refractivity contribution in [1.82, 2.24) is 0 Å². The molecule has 0 saturated carbocycles. The highest BCUT2D eigenvalue weighted by Gasteiger charge is 2.19. The molecule has 12 heavy (non-hydrogen) atoms. The summed E-state index contributed by atoms with van der Waals surface area (Å²) in [6.45, 7) is 4.05. The van der Waals surface area contributed by atoms with E-state index in [1.807, 2.05) is 13.8 Å². The normalized spacial score (nSPS) is 12.7. The molecular formula is C8H15NO3. The number of carbonyl (C=O) groups is 1. The zero-order valence-corrected chi connectivity index (χ0v) is 7.74. The van der Waals surface area contributed by atoms with Crippen molar-refractivity contribution < 1.29 is 9.53 Å². The third-order valence-electron chi connectivity index (χ3n) is 1.62. The number of nitrogens with zero attached hydrogens (tertiary/aromatic N) is 1. The quantitative estimate of drug-likeness (QED) is 0.470. The molecule has 0 saturated heterocycles. The van der Waals surface area contributed by atoms with Gasteiger partial charge in [-0.2, -0.15) is 0 Å². The second kappa shape index (κ2) is 5.69. The third-order valence-corrected chi connectivity index (χ3v) is 1.62. The van der Waals surface area contributed by atoms with E-state index in [2.05, 4.69) is 9.91 Å². The van der Waals surface area contributed by atoms with E-state index in [4.69, 9.17) is 0 Å². The van der Waals surface area contributed by atoms with Crippen LogP contribution in [-0.2, 0) is 9.53 Å². The van der Waals surface area contributed by atoms with Crippen LogP contribution in [0.2, 0.25) is 0 Å². The molecule has 0 aromatic carbocycles. The van der Waals surface area contributed by atoms with Crippen LogP contribution in [0.15, 0.2) is 5.18 Å². The lowest BCUT2D eigenvalue weighted by atomic mass is 10.0. The molecule has 0 N–H and O–H groups in total. The standard InChI is InChI=1S/C8H15NO3/c1-6(2)4-5-7(9-11)8(10)12-3/h6-7H,4-5H2,1-3H3. The third kappa shape index (κ3) is 4.05. The number of nitroso groups, excluding NO2 is 1. The van der Waals surface area contributed by atoms with Gasteiger partial charge in [-0.3, -0.25) is 0 Å². The first-order chi connectivity index (χ1) is 5.61. The minimum atomic E-state index is -0.822. The van der Waals surface area contributed by atoms with Crippen LogP contribution in [0.25, 0.3) is 0 Å². The number of carbonyl (C=O) groups excluding carboxylic acids is 1. The van der Waals surface area contributed by atoms with Crippen molar-refractivity contribution in [3.63, 3.8) is 0 Å². The fraction of sp³-hybridized carbons (Fsp3) is 0.875. The zero-order valence-electron chi connectivity index (χ0n) is 7.74. The van der Waals surface area contributed by atoms with E-state index < -0.39 is 12.0 Å². The Hall–Kier alpha value is -0.930. The smallest absolute Gasteiger partial charge is 0.334 e. The molecule has 0 aliphatic rings. The Labute approximate surface area is 72.3 Å². The van der Waals surface area contributed by atoms with Gasteiger partial charge in [-0.1, -0.05) is 19.0 Å². The maximum Gasteiger partial charge on any atom is 0.334 e. The number of methoxy groups -OCH3 is 1. The lowest BCUT2D eigenvalue weighted by Gasteiger charge is -2.07. The van der Waals surface area contributed by atoms with Gasteiger partial charge in [0.25, 0.3) is 0 Å². The van der Waals surface area contributed by atoms with Gasteiger partial charge in [0.05, 0.1) is 7.11 Å². The van der Waals surface area contributed by atoms with Gasteiger partial charge < -0.3 is 4.74 Å². The van der Waals surface area contributed by atoms with Gasteiger partial charge in [0.1, 0.15) is 0 Å². The monoisotopic (exact) mass is 173 g/mol. The van der Waals surface area contributed by atoms with Gasteiger partial charge in [-0.05, 0) is 18.8 Å². The van der Waals surface area contributed by atoms with Crippen LogP contribution in [0.5, 0.6) is 0 Å². The summed E-state index contributed by atoms with van der Waals surface area (Å²) in [5.41, 5.74) is 0. The number of hydrogen-bond acceptors (Lipinski definition) is 4. The number of hydrogen-bond donors (Lipinski definition) is 0. The SMILES string of the molecule is COC(=O)C(CCC(C)C)N=O. The molecule has 4 heteroatoms. The van der Waals surface area contributed by atoms with Gasteiger partial charge >= 0.3 is 5.97 Å². The number of rotatable bonds is 5. The van der Waals surface area contributed by atoms with Gasteiger partial charge in [-0.25, -0.2) is 4.79 Å². The molecule has 0 bridgehead atoms. The molecule has 0 amide bonds. The minimum absolute atomic E-state index is 0.471. The summed E-state index contributed by atoms with van der Waals surface area (Å²) in [6, 6.07) is -0.822. The van der Waals surface area contributed by atoms with Crippen LogP contribution < -0.4 is 0 Å². The average Bonchev–Trinajstić information content (AvgIpc) is 2.04. The summed E-state index contributed by atoms with van der Waals surface area (Å²) >= 11 is 0. The van der Waals surface area contributed by atoms with Gasteiger partial charge in [0.15, 0.2) is 6.04 Å². The predicted molar refractivity (Wildman–Crippen MR) is 45.7 cm³/mol. The van der Waals surface area contributed by atoms with Crippen molar-refractivity contribution in [2.24, 2.45) is 11.1 Å². The Morgan fingerprint density at radius 2 is 2.00 bits per heavy atom. The summed E-state index contributed by atoms with van der Waals surface area (Å²) in [7, 11) is 1.26. The van der Waals surface area contributed by atoms with E-state index in [1.165, 1.54) is 7.11 Å². The van der Waals surface area contributed by atoms with Crippen molar-refractivity contribution in [3.05, 3.63) is 4.91 Å². The second-order valence-corrected chi connectivity index (χ2v) is 3.12. The Balaban J connectivity index is 3.83. The predicted octanol–water partition coefficient (Wildman–Crippen LogP) is 1.73. The van der Waals surface area contributed by atoms with E-state index in [0.717, 1.165) is 6.42 Å². The maximum absolute atomic E-state index is 10.8. The second-order valence-electron chi connectivity index (χ2n) is 3.12. The summed E-state index contributed by atoms with van der Waals surface area (Å²) in [5.74, 6) is -0.0652. The molecule has 0 aliphatic carbocycles. The summed E-state index contributed by atoms with van der Waals surface area (Å²) in [5, 5.41) is 2.71. The lowest BCUT2D eigenvalue weighted by Crippen LogP contribution is -2.20. The zero-order chi connectivity index (χ0) is 9.56. The molecule has 1 unspecified atom stereocenters. The molecule has 70 valence electrons. The van der Waals surface area contributed by atoms with Crippen LogP contribution >= 0.6 is 0 Å². The first-order valence-corrected chi connectivity index (χ1v) is 4.02. The van der Waals surface area contributed by atoms with Crippen molar-refractivity contribution >= 4 is 5.97 Å². The Kier molecular flexibility index (Phi) is 5.25. The van der Waals surface area contributed by atoms with Gasteiger partial charge in [0.2, 0.25) is 0 Å². The van der Waals surface area contributed by atoms with Gasteiger partial charge in [0, 0.05) is 0 Å². The fourth-order valence-corrected chi connectivity index (χ4v) is 0.841. The van der Waals surface area contributed by atoms with E-state index in [0.29, 0.717) is 12.3 Å². The average molecular weight is 173 g/mol. The summed E-state index contributed by atoms with van der Waals surface area (Å²) < 4.78 is 4.40. The minimum Gasteiger partial charge on any atom is -0.467 e. The molecule has 0 rings (SSSR count). The molecule has 0 heterocycles. The van der Waals surface area contributed by atoms with Crippen LogP contribution in [0.1, 0.15) is 26.7 Å². The molecule has 0 spiro atoms. The topological polar surface area (TPSA) is 55.7 Å². The van der Waals surface area contributed by atoms with Crippen molar-refractivity contribution in [2.45, 2.75) is 32.7 Å². The van der Waals surface area contributed by atoms with Crippen molar-refractivity contribution in [1.29, 1.82) is 0 Å². The molecule has 0 aromatic rings. The number of ether oxygens (including phenoxy) is 1. The Morgan fingerprint density at radius 3 is 2.33 bits per heavy atom. The van der Waals surface area contributed by atoms with E-state index in [1.54, 1.807) is 0 Å². The Morgan fingerprint density at radius 1 is 1.42 bits per heavy atom. The fourth-order valence-electron chi connectivity index (χ4n) is 0.841. The molecule has 0 radical (unpaired) electrons.